The predicted molar refractivity (Wildman–Crippen MR) is 108 cm³/mol. The zero-order valence-corrected chi connectivity index (χ0v) is 17.6. The molecule has 0 spiro atoms. The Bertz CT molecular complexity index is 933. The van der Waals surface area contributed by atoms with Crippen molar-refractivity contribution in [3.05, 3.63) is 57.4 Å². The third-order valence-corrected chi connectivity index (χ3v) is 5.80. The lowest BCUT2D eigenvalue weighted by molar-refractivity contribution is -0.151. The highest BCUT2D eigenvalue weighted by molar-refractivity contribution is 6.31. The van der Waals surface area contributed by atoms with Gasteiger partial charge in [-0.2, -0.15) is 0 Å². The van der Waals surface area contributed by atoms with Crippen LogP contribution in [0.25, 0.3) is 0 Å². The number of methoxy groups -OCH3 is 1. The molecule has 29 heavy (non-hydrogen) atoms. The largest absolute Gasteiger partial charge is 0.468 e. The van der Waals surface area contributed by atoms with Gasteiger partial charge in [-0.25, -0.2) is 4.79 Å². The monoisotopic (exact) mass is 417 g/mol. The third kappa shape index (κ3) is 3.69. The van der Waals surface area contributed by atoms with E-state index in [-0.39, 0.29) is 18.3 Å². The van der Waals surface area contributed by atoms with E-state index in [0.29, 0.717) is 39.5 Å². The molecule has 1 N–H and O–H groups in total. The second-order valence-electron chi connectivity index (χ2n) is 7.28. The molecule has 0 saturated carbocycles. The first-order chi connectivity index (χ1) is 13.8. The van der Waals surface area contributed by atoms with E-state index in [9.17, 15) is 14.4 Å². The van der Waals surface area contributed by atoms with Crippen LogP contribution in [0.2, 0.25) is 5.02 Å². The zero-order valence-electron chi connectivity index (χ0n) is 16.9. The van der Waals surface area contributed by atoms with E-state index in [1.54, 1.807) is 38.1 Å². The van der Waals surface area contributed by atoms with Crippen LogP contribution < -0.4 is 5.32 Å². The van der Waals surface area contributed by atoms with Crippen LogP contribution in [0.3, 0.4) is 0 Å². The van der Waals surface area contributed by atoms with E-state index in [4.69, 9.17) is 21.1 Å². The quantitative estimate of drug-likeness (QED) is 0.596. The summed E-state index contributed by atoms with van der Waals surface area (Å²) < 4.78 is 10.1. The Morgan fingerprint density at radius 1 is 1.28 bits per heavy atom. The summed E-state index contributed by atoms with van der Waals surface area (Å²) in [5.41, 5.74) is 2.64. The number of rotatable bonds is 4. The van der Waals surface area contributed by atoms with Gasteiger partial charge < -0.3 is 14.8 Å². The Morgan fingerprint density at radius 3 is 2.59 bits per heavy atom. The molecule has 0 aromatic heterocycles. The van der Waals surface area contributed by atoms with E-state index in [1.165, 1.54) is 7.11 Å². The van der Waals surface area contributed by atoms with Crippen LogP contribution >= 0.6 is 11.6 Å². The van der Waals surface area contributed by atoms with E-state index in [2.05, 4.69) is 5.32 Å². The van der Waals surface area contributed by atoms with Crippen LogP contribution in [0.15, 0.2) is 46.8 Å². The molecule has 1 heterocycles. The fourth-order valence-corrected chi connectivity index (χ4v) is 4.42. The highest BCUT2D eigenvalue weighted by Gasteiger charge is 2.47. The van der Waals surface area contributed by atoms with Crippen LogP contribution in [0.1, 0.15) is 38.7 Å². The van der Waals surface area contributed by atoms with Gasteiger partial charge in [0.1, 0.15) is 5.92 Å². The van der Waals surface area contributed by atoms with Crippen LogP contribution in [0, 0.1) is 11.8 Å². The Kier molecular flexibility index (Phi) is 6.13. The van der Waals surface area contributed by atoms with Crippen molar-refractivity contribution in [2.24, 2.45) is 11.8 Å². The molecular formula is C22H24ClNO5. The minimum Gasteiger partial charge on any atom is -0.468 e. The topological polar surface area (TPSA) is 81.7 Å². The molecule has 0 radical (unpaired) electrons. The molecule has 3 rings (SSSR count). The molecule has 0 saturated heterocycles. The summed E-state index contributed by atoms with van der Waals surface area (Å²) in [6.45, 7) is 5.54. The average Bonchev–Trinajstić information content (AvgIpc) is 2.67. The molecule has 154 valence electrons. The van der Waals surface area contributed by atoms with Gasteiger partial charge in [0, 0.05) is 27.9 Å². The van der Waals surface area contributed by atoms with Gasteiger partial charge in [0.15, 0.2) is 5.78 Å². The molecule has 1 aromatic rings. The summed E-state index contributed by atoms with van der Waals surface area (Å²) >= 11 is 6.47. The van der Waals surface area contributed by atoms with Crippen LogP contribution in [0.5, 0.6) is 0 Å². The van der Waals surface area contributed by atoms with Crippen molar-refractivity contribution in [1.29, 1.82) is 0 Å². The number of carbonyl (C=O) groups is 3. The van der Waals surface area contributed by atoms with Crippen molar-refractivity contribution < 1.29 is 23.9 Å². The first-order valence-corrected chi connectivity index (χ1v) is 9.93. The van der Waals surface area contributed by atoms with E-state index in [0.717, 1.165) is 0 Å². The molecule has 0 bridgehead atoms. The van der Waals surface area contributed by atoms with Gasteiger partial charge in [0.05, 0.1) is 19.3 Å². The first-order valence-electron chi connectivity index (χ1n) is 9.56. The SMILES string of the molecule is CCOC(=O)C1=C(C)NC2=C(C(=O)[C@@H](C(=O)OC)[C@H](C)C2)[C@@H]1c1ccccc1Cl. The van der Waals surface area contributed by atoms with Gasteiger partial charge in [-0.15, -0.1) is 0 Å². The van der Waals surface area contributed by atoms with Crippen molar-refractivity contribution >= 4 is 29.3 Å². The summed E-state index contributed by atoms with van der Waals surface area (Å²) in [5.74, 6) is -3.31. The number of benzene rings is 1. The maximum absolute atomic E-state index is 13.5. The minimum absolute atomic E-state index is 0.201. The molecule has 0 amide bonds. The number of halogens is 1. The molecule has 0 fully saturated rings. The van der Waals surface area contributed by atoms with E-state index in [1.807, 2.05) is 6.92 Å². The molecule has 7 heteroatoms. The second kappa shape index (κ2) is 8.41. The summed E-state index contributed by atoms with van der Waals surface area (Å²) in [6.07, 6.45) is 0.481. The molecule has 1 aromatic carbocycles. The summed E-state index contributed by atoms with van der Waals surface area (Å²) in [7, 11) is 1.27. The Balaban J connectivity index is 2.21. The number of dihydropyridines is 1. The number of ketones is 1. The number of hydrogen-bond donors (Lipinski definition) is 1. The van der Waals surface area contributed by atoms with Gasteiger partial charge in [0.25, 0.3) is 0 Å². The molecule has 1 aliphatic heterocycles. The van der Waals surface area contributed by atoms with Gasteiger partial charge in [0.2, 0.25) is 0 Å². The molecule has 0 unspecified atom stereocenters. The number of hydrogen-bond acceptors (Lipinski definition) is 6. The van der Waals surface area contributed by atoms with Crippen molar-refractivity contribution in [3.8, 4) is 0 Å². The number of nitrogens with one attached hydrogen (secondary N) is 1. The summed E-state index contributed by atoms with van der Waals surface area (Å²) in [4.78, 5) is 38.7. The van der Waals surface area contributed by atoms with Crippen molar-refractivity contribution in [3.63, 3.8) is 0 Å². The van der Waals surface area contributed by atoms with Gasteiger partial charge in [-0.1, -0.05) is 36.7 Å². The van der Waals surface area contributed by atoms with Gasteiger partial charge in [-0.3, -0.25) is 9.59 Å². The summed E-state index contributed by atoms with van der Waals surface area (Å²) in [6, 6.07) is 7.08. The molecule has 1 aliphatic carbocycles. The number of ether oxygens (including phenoxy) is 2. The average molecular weight is 418 g/mol. The smallest absolute Gasteiger partial charge is 0.336 e. The lowest BCUT2D eigenvalue weighted by Gasteiger charge is -2.38. The van der Waals surface area contributed by atoms with Gasteiger partial charge >= 0.3 is 11.9 Å². The van der Waals surface area contributed by atoms with Crippen LogP contribution in [-0.4, -0.2) is 31.4 Å². The lowest BCUT2D eigenvalue weighted by atomic mass is 9.69. The lowest BCUT2D eigenvalue weighted by Crippen LogP contribution is -2.43. The van der Waals surface area contributed by atoms with Crippen molar-refractivity contribution in [2.75, 3.05) is 13.7 Å². The Hall–Kier alpha value is -2.60. The highest BCUT2D eigenvalue weighted by atomic mass is 35.5. The maximum atomic E-state index is 13.5. The minimum atomic E-state index is -0.924. The maximum Gasteiger partial charge on any atom is 0.336 e. The molecule has 3 atom stereocenters. The number of Topliss-reactive ketones (excluding diaryl/α,β-unsaturated/α-hetero) is 1. The Labute approximate surface area is 174 Å². The fourth-order valence-electron chi connectivity index (χ4n) is 4.18. The van der Waals surface area contributed by atoms with Crippen molar-refractivity contribution in [1.82, 2.24) is 5.32 Å². The fraction of sp³-hybridized carbons (Fsp3) is 0.409. The zero-order chi connectivity index (χ0) is 21.3. The van der Waals surface area contributed by atoms with Crippen molar-refractivity contribution in [2.45, 2.75) is 33.1 Å². The predicted octanol–water partition coefficient (Wildman–Crippen LogP) is 3.52. The van der Waals surface area contributed by atoms with Crippen LogP contribution in [-0.2, 0) is 23.9 Å². The second-order valence-corrected chi connectivity index (χ2v) is 7.68. The number of carbonyl (C=O) groups excluding carboxylic acids is 3. The normalized spacial score (nSPS) is 24.0. The van der Waals surface area contributed by atoms with Crippen LogP contribution in [0.4, 0.5) is 0 Å². The standard InChI is InChI=1S/C22H24ClNO5/c1-5-29-22(27)17-12(3)24-15-10-11(2)16(21(26)28-4)20(25)19(15)18(17)13-8-6-7-9-14(13)23/h6-9,11,16,18,24H,5,10H2,1-4H3/t11-,16+,18-/m1/s1. The van der Waals surface area contributed by atoms with E-state index >= 15 is 0 Å². The molecule has 2 aliphatic rings. The number of allylic oxidation sites excluding steroid dienone is 3. The molecule has 6 nitrogen and oxygen atoms in total. The third-order valence-electron chi connectivity index (χ3n) is 5.45. The number of esters is 2. The first kappa shape index (κ1) is 21.1. The summed E-state index contributed by atoms with van der Waals surface area (Å²) in [5, 5.41) is 3.64. The van der Waals surface area contributed by atoms with Gasteiger partial charge in [-0.05, 0) is 37.8 Å². The molecular weight excluding hydrogens is 394 g/mol. The van der Waals surface area contributed by atoms with E-state index < -0.39 is 23.8 Å². The Morgan fingerprint density at radius 2 is 1.97 bits per heavy atom. The highest BCUT2D eigenvalue weighted by Crippen LogP contribution is 2.46.